The molecule has 1 aromatic carbocycles. The van der Waals surface area contributed by atoms with Crippen LogP contribution in [0, 0.1) is 5.92 Å². The Labute approximate surface area is 163 Å². The molecule has 1 heterocycles. The van der Waals surface area contributed by atoms with E-state index in [1.807, 2.05) is 18.2 Å². The third-order valence-electron chi connectivity index (χ3n) is 4.67. The maximum Gasteiger partial charge on any atom is 0.277 e. The zero-order valence-corrected chi connectivity index (χ0v) is 16.3. The van der Waals surface area contributed by atoms with Crippen molar-refractivity contribution in [2.75, 3.05) is 12.3 Å². The van der Waals surface area contributed by atoms with Gasteiger partial charge in [-0.05, 0) is 30.9 Å². The molecule has 5 nitrogen and oxygen atoms in total. The van der Waals surface area contributed by atoms with Crippen LogP contribution >= 0.6 is 23.4 Å². The smallest absolute Gasteiger partial charge is 0.277 e. The lowest BCUT2D eigenvalue weighted by atomic mass is 9.86. The third kappa shape index (κ3) is 5.74. The summed E-state index contributed by atoms with van der Waals surface area (Å²) in [6.45, 7) is 0.741. The molecule has 1 aromatic heterocycles. The van der Waals surface area contributed by atoms with Gasteiger partial charge in [0.15, 0.2) is 0 Å². The molecule has 1 fully saturated rings. The lowest BCUT2D eigenvalue weighted by Crippen LogP contribution is -2.26. The van der Waals surface area contributed by atoms with E-state index in [9.17, 15) is 4.79 Å². The van der Waals surface area contributed by atoms with Crippen LogP contribution in [0.2, 0.25) is 5.02 Å². The number of carbonyl (C=O) groups is 1. The Morgan fingerprint density at radius 1 is 1.23 bits per heavy atom. The van der Waals surface area contributed by atoms with Crippen LogP contribution in [0.1, 0.15) is 44.9 Å². The number of rotatable bonds is 8. The molecular weight excluding hydrogens is 370 g/mol. The summed E-state index contributed by atoms with van der Waals surface area (Å²) >= 11 is 7.36. The molecule has 7 heteroatoms. The first kappa shape index (κ1) is 19.2. The summed E-state index contributed by atoms with van der Waals surface area (Å²) < 4.78 is 5.58. The molecule has 1 N–H and O–H groups in total. The standard InChI is InChI=1S/C19H24ClN3O2S/c20-16-11-5-4-10-15(16)18-22-23-19(25-18)26-13-17(24)21-12-6-9-14-7-2-1-3-8-14/h4-5,10-11,14H,1-3,6-9,12-13H2,(H,21,24). The van der Waals surface area contributed by atoms with Gasteiger partial charge in [0.25, 0.3) is 5.22 Å². The second-order valence-corrected chi connectivity index (χ2v) is 7.97. The predicted octanol–water partition coefficient (Wildman–Crippen LogP) is 4.96. The predicted molar refractivity (Wildman–Crippen MR) is 104 cm³/mol. The molecule has 0 atom stereocenters. The van der Waals surface area contributed by atoms with Gasteiger partial charge < -0.3 is 9.73 Å². The van der Waals surface area contributed by atoms with E-state index in [4.69, 9.17) is 16.0 Å². The number of aromatic nitrogens is 2. The van der Waals surface area contributed by atoms with Gasteiger partial charge in [-0.3, -0.25) is 4.79 Å². The van der Waals surface area contributed by atoms with E-state index < -0.39 is 0 Å². The SMILES string of the molecule is O=C(CSc1nnc(-c2ccccc2Cl)o1)NCCCC1CCCCC1. The summed E-state index contributed by atoms with van der Waals surface area (Å²) in [5.41, 5.74) is 0.695. The molecule has 0 radical (unpaired) electrons. The van der Waals surface area contributed by atoms with Gasteiger partial charge in [0.1, 0.15) is 0 Å². The van der Waals surface area contributed by atoms with Gasteiger partial charge in [-0.1, -0.05) is 67.6 Å². The summed E-state index contributed by atoms with van der Waals surface area (Å²) in [6.07, 6.45) is 9.11. The Hall–Kier alpha value is -1.53. The van der Waals surface area contributed by atoms with Crippen molar-refractivity contribution in [2.24, 2.45) is 5.92 Å². The number of hydrogen-bond donors (Lipinski definition) is 1. The normalized spacial score (nSPS) is 15.1. The number of carbonyl (C=O) groups excluding carboxylic acids is 1. The summed E-state index contributed by atoms with van der Waals surface area (Å²) in [5, 5.41) is 11.9. The molecule has 0 bridgehead atoms. The van der Waals surface area contributed by atoms with Gasteiger partial charge in [0.05, 0.1) is 16.3 Å². The van der Waals surface area contributed by atoms with Crippen molar-refractivity contribution >= 4 is 29.3 Å². The van der Waals surface area contributed by atoms with E-state index >= 15 is 0 Å². The topological polar surface area (TPSA) is 68.0 Å². The fourth-order valence-corrected chi connectivity index (χ4v) is 4.09. The highest BCUT2D eigenvalue weighted by Crippen LogP contribution is 2.29. The molecule has 2 aromatic rings. The second kappa shape index (κ2) is 9.97. The number of nitrogens with zero attached hydrogens (tertiary/aromatic N) is 2. The molecule has 26 heavy (non-hydrogen) atoms. The van der Waals surface area contributed by atoms with Crippen LogP contribution in [0.15, 0.2) is 33.9 Å². The maximum absolute atomic E-state index is 12.0. The fraction of sp³-hybridized carbons (Fsp3) is 0.526. The molecular formula is C19H24ClN3O2S. The largest absolute Gasteiger partial charge is 0.411 e. The average Bonchev–Trinajstić information content (AvgIpc) is 3.13. The monoisotopic (exact) mass is 393 g/mol. The van der Waals surface area contributed by atoms with Gasteiger partial charge in [-0.25, -0.2) is 0 Å². The Morgan fingerprint density at radius 2 is 2.04 bits per heavy atom. The van der Waals surface area contributed by atoms with E-state index in [1.54, 1.807) is 6.07 Å². The number of thioether (sulfide) groups is 1. The number of benzene rings is 1. The van der Waals surface area contributed by atoms with E-state index in [-0.39, 0.29) is 11.7 Å². The van der Waals surface area contributed by atoms with Crippen LogP contribution in [0.5, 0.6) is 0 Å². The molecule has 0 aliphatic heterocycles. The van der Waals surface area contributed by atoms with Gasteiger partial charge in [0.2, 0.25) is 11.8 Å². The van der Waals surface area contributed by atoms with Gasteiger partial charge >= 0.3 is 0 Å². The first-order valence-corrected chi connectivity index (χ1v) is 10.6. The van der Waals surface area contributed by atoms with Gasteiger partial charge in [-0.2, -0.15) is 0 Å². The summed E-state index contributed by atoms with van der Waals surface area (Å²) in [7, 11) is 0. The lowest BCUT2D eigenvalue weighted by molar-refractivity contribution is -0.118. The summed E-state index contributed by atoms with van der Waals surface area (Å²) in [5.74, 6) is 1.49. The van der Waals surface area contributed by atoms with Crippen molar-refractivity contribution in [1.29, 1.82) is 0 Å². The molecule has 140 valence electrons. The number of halogens is 1. The Bertz CT molecular complexity index is 716. The highest BCUT2D eigenvalue weighted by molar-refractivity contribution is 7.99. The number of hydrogen-bond acceptors (Lipinski definition) is 5. The summed E-state index contributed by atoms with van der Waals surface area (Å²) in [6, 6.07) is 7.30. The van der Waals surface area contributed by atoms with Crippen LogP contribution < -0.4 is 5.32 Å². The minimum absolute atomic E-state index is 0.00358. The molecule has 1 amide bonds. The molecule has 0 unspecified atom stereocenters. The minimum atomic E-state index is -0.00358. The van der Waals surface area contributed by atoms with Crippen molar-refractivity contribution in [2.45, 2.75) is 50.2 Å². The minimum Gasteiger partial charge on any atom is -0.411 e. The highest BCUT2D eigenvalue weighted by Gasteiger charge is 2.14. The maximum atomic E-state index is 12.0. The van der Waals surface area contributed by atoms with Crippen LogP contribution in [-0.4, -0.2) is 28.4 Å². The van der Waals surface area contributed by atoms with Crippen molar-refractivity contribution < 1.29 is 9.21 Å². The van der Waals surface area contributed by atoms with Crippen LogP contribution in [0.3, 0.4) is 0 Å². The van der Waals surface area contributed by atoms with E-state index in [2.05, 4.69) is 15.5 Å². The van der Waals surface area contributed by atoms with E-state index in [0.717, 1.165) is 18.9 Å². The van der Waals surface area contributed by atoms with Crippen LogP contribution in [-0.2, 0) is 4.79 Å². The van der Waals surface area contributed by atoms with Crippen molar-refractivity contribution in [3.8, 4) is 11.5 Å². The first-order valence-electron chi connectivity index (χ1n) is 9.20. The number of nitrogens with one attached hydrogen (secondary N) is 1. The average molecular weight is 394 g/mol. The Balaban J connectivity index is 1.36. The summed E-state index contributed by atoms with van der Waals surface area (Å²) in [4.78, 5) is 12.0. The highest BCUT2D eigenvalue weighted by atomic mass is 35.5. The Morgan fingerprint density at radius 3 is 2.85 bits per heavy atom. The van der Waals surface area contributed by atoms with Gasteiger partial charge in [-0.15, -0.1) is 10.2 Å². The molecule has 1 aliphatic rings. The zero-order chi connectivity index (χ0) is 18.2. The van der Waals surface area contributed by atoms with Crippen molar-refractivity contribution in [3.63, 3.8) is 0 Å². The van der Waals surface area contributed by atoms with Crippen LogP contribution in [0.4, 0.5) is 0 Å². The van der Waals surface area contributed by atoms with Crippen molar-refractivity contribution in [1.82, 2.24) is 15.5 Å². The fourth-order valence-electron chi connectivity index (χ4n) is 3.28. The Kier molecular flexibility index (Phi) is 7.38. The lowest BCUT2D eigenvalue weighted by Gasteiger charge is -2.21. The van der Waals surface area contributed by atoms with Crippen LogP contribution in [0.25, 0.3) is 11.5 Å². The van der Waals surface area contributed by atoms with E-state index in [0.29, 0.717) is 21.7 Å². The third-order valence-corrected chi connectivity index (χ3v) is 5.82. The molecule has 3 rings (SSSR count). The zero-order valence-electron chi connectivity index (χ0n) is 14.7. The quantitative estimate of drug-likeness (QED) is 0.507. The molecule has 0 spiro atoms. The van der Waals surface area contributed by atoms with Crippen molar-refractivity contribution in [3.05, 3.63) is 29.3 Å². The molecule has 0 saturated heterocycles. The molecule has 1 saturated carbocycles. The first-order chi connectivity index (χ1) is 12.7. The molecule has 1 aliphatic carbocycles. The number of amides is 1. The van der Waals surface area contributed by atoms with Gasteiger partial charge in [0, 0.05) is 6.54 Å². The van der Waals surface area contributed by atoms with E-state index in [1.165, 1.54) is 50.3 Å². The second-order valence-electron chi connectivity index (χ2n) is 6.64.